The average molecular weight is 629 g/mol. The molecule has 45 heavy (non-hydrogen) atoms. The second-order valence-electron chi connectivity index (χ2n) is 15.0. The molecular formula is C43H84N2. The lowest BCUT2D eigenvalue weighted by atomic mass is 9.93. The summed E-state index contributed by atoms with van der Waals surface area (Å²) in [7, 11) is 0. The van der Waals surface area contributed by atoms with E-state index >= 15 is 0 Å². The van der Waals surface area contributed by atoms with Crippen molar-refractivity contribution in [3.05, 3.63) is 18.2 Å². The zero-order chi connectivity index (χ0) is 32.5. The van der Waals surface area contributed by atoms with Crippen LogP contribution in [0.3, 0.4) is 0 Å². The maximum Gasteiger partial charge on any atom is 0.111 e. The van der Waals surface area contributed by atoms with Crippen LogP contribution < -0.4 is 0 Å². The molecule has 1 heterocycles. The Labute approximate surface area is 285 Å². The number of aromatic nitrogens is 2. The van der Waals surface area contributed by atoms with Gasteiger partial charge in [0.15, 0.2) is 0 Å². The van der Waals surface area contributed by atoms with E-state index < -0.39 is 0 Å². The van der Waals surface area contributed by atoms with Gasteiger partial charge < -0.3 is 4.57 Å². The van der Waals surface area contributed by atoms with Gasteiger partial charge in [0.05, 0.1) is 0 Å². The lowest BCUT2D eigenvalue weighted by molar-refractivity contribution is 0.412. The smallest absolute Gasteiger partial charge is 0.111 e. The van der Waals surface area contributed by atoms with Crippen molar-refractivity contribution in [3.63, 3.8) is 0 Å². The van der Waals surface area contributed by atoms with E-state index in [-0.39, 0.29) is 0 Å². The Kier molecular flexibility index (Phi) is 31.1. The van der Waals surface area contributed by atoms with Crippen molar-refractivity contribution in [3.8, 4) is 0 Å². The third kappa shape index (κ3) is 25.0. The standard InChI is InChI=1S/C43H84N2/c1-5-8-11-14-16-18-20-21-22-23-24-25-27-29-32-35-38-42(37-34-30-13-10-7-3)43-44-39-40-45(43)41(4)36-33-31-28-26-19-17-15-12-9-6-2/h39-42H,5-38H2,1-4H3. The molecule has 2 atom stereocenters. The van der Waals surface area contributed by atoms with Crippen LogP contribution in [0.1, 0.15) is 264 Å². The van der Waals surface area contributed by atoms with Crippen molar-refractivity contribution in [2.24, 2.45) is 0 Å². The highest BCUT2D eigenvalue weighted by atomic mass is 15.1. The summed E-state index contributed by atoms with van der Waals surface area (Å²) in [5.41, 5.74) is 0. The molecule has 0 aliphatic carbocycles. The van der Waals surface area contributed by atoms with Gasteiger partial charge in [-0.05, 0) is 26.2 Å². The van der Waals surface area contributed by atoms with Crippen LogP contribution in [0.5, 0.6) is 0 Å². The van der Waals surface area contributed by atoms with E-state index in [2.05, 4.69) is 44.7 Å². The predicted molar refractivity (Wildman–Crippen MR) is 204 cm³/mol. The molecule has 0 spiro atoms. The molecule has 2 nitrogen and oxygen atoms in total. The lowest BCUT2D eigenvalue weighted by Gasteiger charge is -2.22. The fraction of sp³-hybridized carbons (Fsp3) is 0.930. The summed E-state index contributed by atoms with van der Waals surface area (Å²) < 4.78 is 2.58. The zero-order valence-corrected chi connectivity index (χ0v) is 31.7. The minimum atomic E-state index is 0.588. The van der Waals surface area contributed by atoms with E-state index in [4.69, 9.17) is 4.98 Å². The molecule has 0 radical (unpaired) electrons. The normalized spacial score (nSPS) is 13.1. The minimum Gasteiger partial charge on any atom is -0.332 e. The molecule has 0 amide bonds. The molecule has 0 aromatic carbocycles. The summed E-state index contributed by atoms with van der Waals surface area (Å²) in [6.45, 7) is 9.40. The average Bonchev–Trinajstić information content (AvgIpc) is 3.54. The zero-order valence-electron chi connectivity index (χ0n) is 31.7. The van der Waals surface area contributed by atoms with E-state index in [0.717, 1.165) is 0 Å². The van der Waals surface area contributed by atoms with Crippen LogP contribution in [0.4, 0.5) is 0 Å². The van der Waals surface area contributed by atoms with Crippen LogP contribution in [-0.2, 0) is 0 Å². The Hall–Kier alpha value is -0.790. The molecule has 0 aliphatic rings. The van der Waals surface area contributed by atoms with Gasteiger partial charge in [-0.25, -0.2) is 4.98 Å². The van der Waals surface area contributed by atoms with Crippen molar-refractivity contribution in [2.45, 2.75) is 258 Å². The quantitative estimate of drug-likeness (QED) is 0.0676. The summed E-state index contributed by atoms with van der Waals surface area (Å²) in [6.07, 6.45) is 52.7. The summed E-state index contributed by atoms with van der Waals surface area (Å²) in [6, 6.07) is 0.588. The maximum atomic E-state index is 5.01. The molecule has 0 saturated carbocycles. The molecule has 0 N–H and O–H groups in total. The first kappa shape index (κ1) is 42.2. The van der Waals surface area contributed by atoms with Crippen LogP contribution in [0.15, 0.2) is 12.4 Å². The number of unbranched alkanes of at least 4 members (excludes halogenated alkanes) is 28. The number of hydrogen-bond acceptors (Lipinski definition) is 1. The third-order valence-corrected chi connectivity index (χ3v) is 10.6. The van der Waals surface area contributed by atoms with Crippen LogP contribution >= 0.6 is 0 Å². The van der Waals surface area contributed by atoms with E-state index in [1.54, 1.807) is 0 Å². The van der Waals surface area contributed by atoms with E-state index in [9.17, 15) is 0 Å². The highest BCUT2D eigenvalue weighted by molar-refractivity contribution is 5.02. The first-order chi connectivity index (χ1) is 22.2. The minimum absolute atomic E-state index is 0.588. The molecule has 2 heteroatoms. The Morgan fingerprint density at radius 3 is 1.04 bits per heavy atom. The number of rotatable bonds is 36. The van der Waals surface area contributed by atoms with Gasteiger partial charge in [-0.3, -0.25) is 0 Å². The van der Waals surface area contributed by atoms with E-state index in [1.807, 2.05) is 0 Å². The summed E-state index contributed by atoms with van der Waals surface area (Å²) in [4.78, 5) is 5.01. The molecule has 0 saturated heterocycles. The Bertz CT molecular complexity index is 694. The molecule has 1 aromatic rings. The monoisotopic (exact) mass is 629 g/mol. The first-order valence-corrected chi connectivity index (χ1v) is 21.3. The van der Waals surface area contributed by atoms with Crippen molar-refractivity contribution in [2.75, 3.05) is 0 Å². The fourth-order valence-corrected chi connectivity index (χ4v) is 7.42. The van der Waals surface area contributed by atoms with Crippen LogP contribution in [-0.4, -0.2) is 9.55 Å². The number of nitrogens with zero attached hydrogens (tertiary/aromatic N) is 2. The van der Waals surface area contributed by atoms with Gasteiger partial charge in [0.2, 0.25) is 0 Å². The molecule has 1 rings (SSSR count). The SMILES string of the molecule is CCCCCCCCCCCCCCCCCCC(CCCCCCC)c1nccn1C(C)CCCCCCCCCCCC. The van der Waals surface area contributed by atoms with Crippen LogP contribution in [0, 0.1) is 0 Å². The molecule has 0 bridgehead atoms. The molecule has 266 valence electrons. The van der Waals surface area contributed by atoms with Gasteiger partial charge in [-0.15, -0.1) is 0 Å². The Morgan fingerprint density at radius 1 is 0.422 bits per heavy atom. The second kappa shape index (κ2) is 33.1. The largest absolute Gasteiger partial charge is 0.332 e. The van der Waals surface area contributed by atoms with Gasteiger partial charge in [0.25, 0.3) is 0 Å². The Balaban J connectivity index is 2.28. The van der Waals surface area contributed by atoms with Gasteiger partial charge in [-0.2, -0.15) is 0 Å². The summed E-state index contributed by atoms with van der Waals surface area (Å²) in [5.74, 6) is 2.06. The maximum absolute atomic E-state index is 5.01. The fourth-order valence-electron chi connectivity index (χ4n) is 7.42. The van der Waals surface area contributed by atoms with E-state index in [0.29, 0.717) is 12.0 Å². The molecule has 2 unspecified atom stereocenters. The Morgan fingerprint density at radius 2 is 0.711 bits per heavy atom. The first-order valence-electron chi connectivity index (χ1n) is 21.3. The second-order valence-corrected chi connectivity index (χ2v) is 15.0. The number of imidazole rings is 1. The van der Waals surface area contributed by atoms with Crippen molar-refractivity contribution < 1.29 is 0 Å². The highest BCUT2D eigenvalue weighted by Gasteiger charge is 2.19. The number of hydrogen-bond donors (Lipinski definition) is 0. The van der Waals surface area contributed by atoms with Gasteiger partial charge in [0.1, 0.15) is 5.82 Å². The predicted octanol–water partition coefficient (Wildman–Crippen LogP) is 15.9. The van der Waals surface area contributed by atoms with Crippen LogP contribution in [0.25, 0.3) is 0 Å². The van der Waals surface area contributed by atoms with Crippen molar-refractivity contribution >= 4 is 0 Å². The molecule has 0 aliphatic heterocycles. The molecule has 1 aromatic heterocycles. The third-order valence-electron chi connectivity index (χ3n) is 10.6. The van der Waals surface area contributed by atoms with Gasteiger partial charge in [0, 0.05) is 24.4 Å². The van der Waals surface area contributed by atoms with Crippen molar-refractivity contribution in [1.29, 1.82) is 0 Å². The van der Waals surface area contributed by atoms with Gasteiger partial charge >= 0.3 is 0 Å². The highest BCUT2D eigenvalue weighted by Crippen LogP contribution is 2.31. The lowest BCUT2D eigenvalue weighted by Crippen LogP contribution is -2.13. The molecular weight excluding hydrogens is 544 g/mol. The topological polar surface area (TPSA) is 17.8 Å². The van der Waals surface area contributed by atoms with Crippen molar-refractivity contribution in [1.82, 2.24) is 9.55 Å². The van der Waals surface area contributed by atoms with Crippen LogP contribution in [0.2, 0.25) is 0 Å². The summed E-state index contributed by atoms with van der Waals surface area (Å²) >= 11 is 0. The summed E-state index contributed by atoms with van der Waals surface area (Å²) in [5, 5.41) is 0. The molecule has 0 fully saturated rings. The van der Waals surface area contributed by atoms with Gasteiger partial charge in [-0.1, -0.05) is 220 Å². The van der Waals surface area contributed by atoms with E-state index in [1.165, 1.54) is 224 Å².